The van der Waals surface area contributed by atoms with Gasteiger partial charge in [0.1, 0.15) is 0 Å². The van der Waals surface area contributed by atoms with Crippen molar-refractivity contribution in [2.24, 2.45) is 5.41 Å². The summed E-state index contributed by atoms with van der Waals surface area (Å²) in [7, 11) is 0. The van der Waals surface area contributed by atoms with Gasteiger partial charge in [0, 0.05) is 6.42 Å². The van der Waals surface area contributed by atoms with E-state index in [-0.39, 0.29) is 18.4 Å². The molecule has 102 valence electrons. The molecule has 0 atom stereocenters. The van der Waals surface area contributed by atoms with Crippen molar-refractivity contribution in [3.8, 4) is 0 Å². The quantitative estimate of drug-likeness (QED) is 0.846. The van der Waals surface area contributed by atoms with Gasteiger partial charge in [0.15, 0.2) is 0 Å². The van der Waals surface area contributed by atoms with Gasteiger partial charge in [0.2, 0.25) is 11.8 Å². The molecular weight excluding hydrogens is 242 g/mol. The van der Waals surface area contributed by atoms with E-state index in [1.54, 1.807) is 24.3 Å². The van der Waals surface area contributed by atoms with Crippen LogP contribution in [-0.4, -0.2) is 16.9 Å². The number of carbonyl (C=O) groups is 2. The number of imide groups is 1. The Balaban J connectivity index is 2.34. The van der Waals surface area contributed by atoms with Gasteiger partial charge in [-0.25, -0.2) is 0 Å². The Labute approximate surface area is 113 Å². The lowest BCUT2D eigenvalue weighted by Crippen LogP contribution is -2.35. The summed E-state index contributed by atoms with van der Waals surface area (Å²) in [6, 6.07) is 6.88. The molecule has 1 aliphatic heterocycles. The zero-order valence-corrected chi connectivity index (χ0v) is 11.3. The molecule has 1 N–H and O–H groups in total. The van der Waals surface area contributed by atoms with Gasteiger partial charge < -0.3 is 5.11 Å². The number of carbonyl (C=O) groups excluding carboxylic acids is 2. The van der Waals surface area contributed by atoms with Gasteiger partial charge in [-0.3, -0.25) is 14.5 Å². The van der Waals surface area contributed by atoms with E-state index in [4.69, 9.17) is 5.11 Å². The Morgan fingerprint density at radius 1 is 1.16 bits per heavy atom. The van der Waals surface area contributed by atoms with Crippen LogP contribution in [0.2, 0.25) is 0 Å². The Morgan fingerprint density at radius 2 is 1.74 bits per heavy atom. The molecule has 0 saturated carbocycles. The average molecular weight is 261 g/mol. The number of hydrogen-bond acceptors (Lipinski definition) is 3. The second-order valence-corrected chi connectivity index (χ2v) is 5.02. The van der Waals surface area contributed by atoms with E-state index in [0.29, 0.717) is 24.9 Å². The molecule has 0 aliphatic carbocycles. The van der Waals surface area contributed by atoms with Gasteiger partial charge in [0.25, 0.3) is 0 Å². The lowest BCUT2D eigenvalue weighted by atomic mass is 9.81. The van der Waals surface area contributed by atoms with Crippen LogP contribution in [0.5, 0.6) is 0 Å². The summed E-state index contributed by atoms with van der Waals surface area (Å²) >= 11 is 0. The lowest BCUT2D eigenvalue weighted by molar-refractivity contribution is -0.126. The Bertz CT molecular complexity index is 489. The highest BCUT2D eigenvalue weighted by atomic mass is 16.3. The maximum atomic E-state index is 12.5. The van der Waals surface area contributed by atoms with Gasteiger partial charge in [-0.15, -0.1) is 0 Å². The molecule has 1 fully saturated rings. The maximum Gasteiger partial charge on any atom is 0.240 e. The van der Waals surface area contributed by atoms with Gasteiger partial charge in [-0.2, -0.15) is 0 Å². The van der Waals surface area contributed by atoms with Gasteiger partial charge in [0.05, 0.1) is 17.7 Å². The monoisotopic (exact) mass is 261 g/mol. The number of benzene rings is 1. The first-order valence-electron chi connectivity index (χ1n) is 6.65. The van der Waals surface area contributed by atoms with Crippen LogP contribution >= 0.6 is 0 Å². The summed E-state index contributed by atoms with van der Waals surface area (Å²) in [6.07, 6.45) is 1.65. The molecule has 1 saturated heterocycles. The molecule has 4 heteroatoms. The molecule has 0 radical (unpaired) electrons. The number of aliphatic hydroxyl groups excluding tert-OH is 1. The molecule has 1 aromatic rings. The van der Waals surface area contributed by atoms with E-state index >= 15 is 0 Å². The van der Waals surface area contributed by atoms with Crippen LogP contribution in [0.3, 0.4) is 0 Å². The van der Waals surface area contributed by atoms with Crippen molar-refractivity contribution >= 4 is 17.5 Å². The predicted octanol–water partition coefficient (Wildman–Crippen LogP) is 2.25. The van der Waals surface area contributed by atoms with Crippen molar-refractivity contribution in [1.82, 2.24) is 0 Å². The Morgan fingerprint density at radius 3 is 2.16 bits per heavy atom. The highest BCUT2D eigenvalue weighted by molar-refractivity contribution is 6.22. The molecule has 0 bridgehead atoms. The number of rotatable bonds is 4. The minimum absolute atomic E-state index is 0.0456. The van der Waals surface area contributed by atoms with Crippen LogP contribution in [0, 0.1) is 5.41 Å². The van der Waals surface area contributed by atoms with Crippen molar-refractivity contribution in [3.05, 3.63) is 29.8 Å². The van der Waals surface area contributed by atoms with Crippen molar-refractivity contribution in [1.29, 1.82) is 0 Å². The molecule has 0 aromatic heterocycles. The van der Waals surface area contributed by atoms with Crippen LogP contribution in [0.1, 0.15) is 38.7 Å². The minimum Gasteiger partial charge on any atom is -0.392 e. The molecule has 4 nitrogen and oxygen atoms in total. The normalized spacial score (nSPS) is 18.2. The van der Waals surface area contributed by atoms with Gasteiger partial charge in [-0.05, 0) is 30.5 Å². The molecule has 1 aromatic carbocycles. The summed E-state index contributed by atoms with van der Waals surface area (Å²) in [5.74, 6) is -0.232. The van der Waals surface area contributed by atoms with Crippen LogP contribution < -0.4 is 4.90 Å². The number of amides is 2. The third kappa shape index (κ3) is 2.16. The van der Waals surface area contributed by atoms with Gasteiger partial charge >= 0.3 is 0 Å². The second kappa shape index (κ2) is 5.13. The molecule has 19 heavy (non-hydrogen) atoms. The smallest absolute Gasteiger partial charge is 0.240 e. The number of nitrogens with zero attached hydrogens (tertiary/aromatic N) is 1. The van der Waals surface area contributed by atoms with Crippen molar-refractivity contribution < 1.29 is 14.7 Å². The third-order valence-corrected chi connectivity index (χ3v) is 4.13. The number of hydrogen-bond donors (Lipinski definition) is 1. The van der Waals surface area contributed by atoms with E-state index < -0.39 is 5.41 Å². The fourth-order valence-corrected chi connectivity index (χ4v) is 2.61. The van der Waals surface area contributed by atoms with E-state index in [1.165, 1.54) is 4.90 Å². The summed E-state index contributed by atoms with van der Waals surface area (Å²) < 4.78 is 0. The fraction of sp³-hybridized carbons (Fsp3) is 0.467. The van der Waals surface area contributed by atoms with Crippen LogP contribution in [0.15, 0.2) is 24.3 Å². The Kier molecular flexibility index (Phi) is 3.71. The fourth-order valence-electron chi connectivity index (χ4n) is 2.61. The van der Waals surface area contributed by atoms with E-state index in [0.717, 1.165) is 5.56 Å². The van der Waals surface area contributed by atoms with Crippen LogP contribution in [0.4, 0.5) is 5.69 Å². The topological polar surface area (TPSA) is 57.6 Å². The lowest BCUT2D eigenvalue weighted by Gasteiger charge is -2.23. The first-order chi connectivity index (χ1) is 9.07. The standard InChI is InChI=1S/C15H19NO3/c1-3-15(4-2)9-13(18)16(14(15)19)12-7-5-11(10-17)6-8-12/h5-8,17H,3-4,9-10H2,1-2H3. The second-order valence-electron chi connectivity index (χ2n) is 5.02. The molecule has 1 aliphatic rings. The molecule has 2 rings (SSSR count). The SMILES string of the molecule is CCC1(CC)CC(=O)N(c2ccc(CO)cc2)C1=O. The third-order valence-electron chi connectivity index (χ3n) is 4.13. The molecule has 0 unspecified atom stereocenters. The Hall–Kier alpha value is -1.68. The average Bonchev–Trinajstić information content (AvgIpc) is 2.70. The summed E-state index contributed by atoms with van der Waals surface area (Å²) in [5, 5.41) is 9.01. The predicted molar refractivity (Wildman–Crippen MR) is 72.5 cm³/mol. The largest absolute Gasteiger partial charge is 0.392 e. The summed E-state index contributed by atoms with van der Waals surface area (Å²) in [6.45, 7) is 3.86. The number of aliphatic hydroxyl groups is 1. The van der Waals surface area contributed by atoms with Crippen molar-refractivity contribution in [3.63, 3.8) is 0 Å². The number of anilines is 1. The van der Waals surface area contributed by atoms with Crippen LogP contribution in [0.25, 0.3) is 0 Å². The van der Waals surface area contributed by atoms with Crippen molar-refractivity contribution in [2.75, 3.05) is 4.90 Å². The minimum atomic E-state index is -0.535. The van der Waals surface area contributed by atoms with E-state index in [2.05, 4.69) is 0 Å². The molecule has 0 spiro atoms. The maximum absolute atomic E-state index is 12.5. The highest BCUT2D eigenvalue weighted by Gasteiger charge is 2.49. The van der Waals surface area contributed by atoms with Gasteiger partial charge in [-0.1, -0.05) is 26.0 Å². The first kappa shape index (κ1) is 13.7. The van der Waals surface area contributed by atoms with E-state index in [1.807, 2.05) is 13.8 Å². The van der Waals surface area contributed by atoms with Crippen molar-refractivity contribution in [2.45, 2.75) is 39.7 Å². The zero-order valence-electron chi connectivity index (χ0n) is 11.3. The molecular formula is C15H19NO3. The molecule has 2 amide bonds. The molecule has 1 heterocycles. The summed E-state index contributed by atoms with van der Waals surface area (Å²) in [4.78, 5) is 25.9. The first-order valence-corrected chi connectivity index (χ1v) is 6.65. The summed E-state index contributed by atoms with van der Waals surface area (Å²) in [5.41, 5.74) is 0.822. The highest BCUT2D eigenvalue weighted by Crippen LogP contribution is 2.41. The van der Waals surface area contributed by atoms with E-state index in [9.17, 15) is 9.59 Å². The van der Waals surface area contributed by atoms with Crippen LogP contribution in [-0.2, 0) is 16.2 Å². The zero-order chi connectivity index (χ0) is 14.0.